The Hall–Kier alpha value is -2.70. The van der Waals surface area contributed by atoms with Crippen molar-refractivity contribution in [3.05, 3.63) is 47.5 Å². The predicted octanol–water partition coefficient (Wildman–Crippen LogP) is 5.58. The van der Waals surface area contributed by atoms with E-state index >= 15 is 0 Å². The Labute approximate surface area is 157 Å². The molecule has 0 aliphatic rings. The summed E-state index contributed by atoms with van der Waals surface area (Å²) < 4.78 is 42.3. The normalized spacial score (nSPS) is 11.7. The van der Waals surface area contributed by atoms with Gasteiger partial charge in [0.1, 0.15) is 0 Å². The molecule has 4 nitrogen and oxygen atoms in total. The third-order valence-electron chi connectivity index (χ3n) is 4.22. The van der Waals surface area contributed by atoms with Gasteiger partial charge in [-0.25, -0.2) is 4.99 Å². The van der Waals surface area contributed by atoms with Crippen LogP contribution in [0.5, 0.6) is 5.75 Å². The van der Waals surface area contributed by atoms with Gasteiger partial charge in [-0.1, -0.05) is 12.1 Å². The second-order valence-corrected chi connectivity index (χ2v) is 6.32. The first-order valence-corrected chi connectivity index (χ1v) is 8.56. The summed E-state index contributed by atoms with van der Waals surface area (Å²) in [5, 5.41) is 0. The highest BCUT2D eigenvalue weighted by molar-refractivity contribution is 5.74. The van der Waals surface area contributed by atoms with Gasteiger partial charge in [0.2, 0.25) is 0 Å². The van der Waals surface area contributed by atoms with Gasteiger partial charge in [0.25, 0.3) is 0 Å². The zero-order valence-electron chi connectivity index (χ0n) is 16.1. The Morgan fingerprint density at radius 1 is 1.04 bits per heavy atom. The maximum Gasteiger partial charge on any atom is 0.573 e. The number of para-hydroxylation sites is 2. The topological polar surface area (TPSA) is 28.1 Å². The van der Waals surface area contributed by atoms with Gasteiger partial charge >= 0.3 is 6.36 Å². The van der Waals surface area contributed by atoms with E-state index in [1.54, 1.807) is 30.4 Å². The van der Waals surface area contributed by atoms with E-state index in [2.05, 4.69) is 9.73 Å². The zero-order chi connectivity index (χ0) is 20.2. The van der Waals surface area contributed by atoms with Crippen LogP contribution in [0.3, 0.4) is 0 Å². The number of alkyl halides is 3. The quantitative estimate of drug-likeness (QED) is 0.484. The molecular formula is C20H24F3N3O. The lowest BCUT2D eigenvalue weighted by Gasteiger charge is -2.25. The molecule has 0 aliphatic heterocycles. The van der Waals surface area contributed by atoms with E-state index in [4.69, 9.17) is 0 Å². The van der Waals surface area contributed by atoms with Gasteiger partial charge in [0.15, 0.2) is 5.75 Å². The van der Waals surface area contributed by atoms with Crippen LogP contribution in [0.1, 0.15) is 18.1 Å². The summed E-state index contributed by atoms with van der Waals surface area (Å²) in [5.41, 5.74) is 3.77. The Balaban J connectivity index is 2.39. The fraction of sp³-hybridized carbons (Fsp3) is 0.350. The van der Waals surface area contributed by atoms with Crippen LogP contribution in [0.4, 0.5) is 30.2 Å². The molecule has 7 heteroatoms. The first-order valence-electron chi connectivity index (χ1n) is 8.56. The van der Waals surface area contributed by atoms with E-state index in [0.717, 1.165) is 29.0 Å². The molecule has 2 aromatic carbocycles. The maximum atomic E-state index is 12.7. The second kappa shape index (κ2) is 8.33. The summed E-state index contributed by atoms with van der Waals surface area (Å²) in [7, 11) is 3.65. The number of anilines is 2. The number of aryl methyl sites for hydroxylation is 2. The highest BCUT2D eigenvalue weighted by Crippen LogP contribution is 2.38. The number of ether oxygens (including phenoxy) is 1. The Morgan fingerprint density at radius 3 is 2.33 bits per heavy atom. The minimum atomic E-state index is -4.74. The smallest absolute Gasteiger partial charge is 0.404 e. The van der Waals surface area contributed by atoms with Crippen molar-refractivity contribution in [2.24, 2.45) is 4.99 Å². The van der Waals surface area contributed by atoms with Gasteiger partial charge in [-0.3, -0.25) is 0 Å². The first-order chi connectivity index (χ1) is 12.6. The SMILES string of the molecule is CCN(C)C=Nc1cc(C)c(N(C)c2ccccc2OC(F)(F)F)cc1C. The molecule has 0 saturated carbocycles. The van der Waals surface area contributed by atoms with E-state index < -0.39 is 6.36 Å². The Kier molecular flexibility index (Phi) is 6.36. The van der Waals surface area contributed by atoms with Gasteiger partial charge < -0.3 is 14.5 Å². The molecule has 0 unspecified atom stereocenters. The molecule has 0 N–H and O–H groups in total. The van der Waals surface area contributed by atoms with Crippen LogP contribution in [-0.4, -0.2) is 38.2 Å². The minimum absolute atomic E-state index is 0.240. The number of hydrogen-bond donors (Lipinski definition) is 0. The monoisotopic (exact) mass is 379 g/mol. The lowest BCUT2D eigenvalue weighted by molar-refractivity contribution is -0.274. The summed E-state index contributed by atoms with van der Waals surface area (Å²) >= 11 is 0. The van der Waals surface area contributed by atoms with Crippen LogP contribution in [0.15, 0.2) is 41.4 Å². The van der Waals surface area contributed by atoms with Crippen molar-refractivity contribution in [2.45, 2.75) is 27.1 Å². The molecule has 0 atom stereocenters. The van der Waals surface area contributed by atoms with Crippen molar-refractivity contribution in [1.82, 2.24) is 4.90 Å². The molecule has 0 radical (unpaired) electrons. The van der Waals surface area contributed by atoms with Crippen LogP contribution in [0, 0.1) is 13.8 Å². The van der Waals surface area contributed by atoms with Crippen molar-refractivity contribution in [1.29, 1.82) is 0 Å². The molecule has 0 aliphatic carbocycles. The lowest BCUT2D eigenvalue weighted by Crippen LogP contribution is -2.20. The molecule has 146 valence electrons. The molecule has 2 aromatic rings. The summed E-state index contributed by atoms with van der Waals surface area (Å²) in [4.78, 5) is 8.13. The van der Waals surface area contributed by atoms with Crippen LogP contribution < -0.4 is 9.64 Å². The molecule has 0 amide bonds. The average Bonchev–Trinajstić information content (AvgIpc) is 2.60. The maximum absolute atomic E-state index is 12.7. The summed E-state index contributed by atoms with van der Waals surface area (Å²) in [6, 6.07) is 9.93. The number of nitrogens with zero attached hydrogens (tertiary/aromatic N) is 3. The zero-order valence-corrected chi connectivity index (χ0v) is 16.1. The third-order valence-corrected chi connectivity index (χ3v) is 4.22. The van der Waals surface area contributed by atoms with Crippen molar-refractivity contribution in [2.75, 3.05) is 25.5 Å². The number of aliphatic imine (C=N–C) groups is 1. The predicted molar refractivity (Wildman–Crippen MR) is 104 cm³/mol. The van der Waals surface area contributed by atoms with Crippen LogP contribution >= 0.6 is 0 Å². The lowest BCUT2D eigenvalue weighted by atomic mass is 10.1. The van der Waals surface area contributed by atoms with E-state index in [1.165, 1.54) is 12.1 Å². The standard InChI is InChI=1S/C20H24F3N3O/c1-6-25(4)13-24-16-11-15(3)18(12-14(16)2)26(5)17-9-7-8-10-19(17)27-20(21,22)23/h7-13H,6H2,1-5H3. The minimum Gasteiger partial charge on any atom is -0.404 e. The largest absolute Gasteiger partial charge is 0.573 e. The molecule has 27 heavy (non-hydrogen) atoms. The summed E-state index contributed by atoms with van der Waals surface area (Å²) in [5.74, 6) is -0.240. The third kappa shape index (κ3) is 5.39. The van der Waals surface area contributed by atoms with E-state index in [1.807, 2.05) is 44.9 Å². The molecule has 0 bridgehead atoms. The van der Waals surface area contributed by atoms with Gasteiger partial charge in [0, 0.05) is 26.3 Å². The number of benzene rings is 2. The second-order valence-electron chi connectivity index (χ2n) is 6.32. The number of rotatable bonds is 6. The molecule has 0 heterocycles. The van der Waals surface area contributed by atoms with Crippen molar-refractivity contribution >= 4 is 23.4 Å². The van der Waals surface area contributed by atoms with E-state index in [-0.39, 0.29) is 5.75 Å². The number of hydrogen-bond acceptors (Lipinski definition) is 3. The molecule has 2 rings (SSSR count). The molecule has 0 fully saturated rings. The fourth-order valence-electron chi connectivity index (χ4n) is 2.60. The van der Waals surface area contributed by atoms with Crippen LogP contribution in [0.25, 0.3) is 0 Å². The van der Waals surface area contributed by atoms with E-state index in [9.17, 15) is 13.2 Å². The van der Waals surface area contributed by atoms with Crippen molar-refractivity contribution in [3.8, 4) is 5.75 Å². The first kappa shape index (κ1) is 20.6. The Bertz CT molecular complexity index is 819. The average molecular weight is 379 g/mol. The van der Waals surface area contributed by atoms with Gasteiger partial charge in [-0.2, -0.15) is 0 Å². The highest BCUT2D eigenvalue weighted by atomic mass is 19.4. The summed E-state index contributed by atoms with van der Waals surface area (Å²) in [6.45, 7) is 6.70. The highest BCUT2D eigenvalue weighted by Gasteiger charge is 2.32. The molecule has 0 spiro atoms. The van der Waals surface area contributed by atoms with Gasteiger partial charge in [-0.15, -0.1) is 13.2 Å². The molecule has 0 aromatic heterocycles. The molecular weight excluding hydrogens is 355 g/mol. The fourth-order valence-corrected chi connectivity index (χ4v) is 2.60. The number of halogens is 3. The van der Waals surface area contributed by atoms with Crippen LogP contribution in [-0.2, 0) is 0 Å². The van der Waals surface area contributed by atoms with E-state index in [0.29, 0.717) is 5.69 Å². The van der Waals surface area contributed by atoms with Crippen molar-refractivity contribution in [3.63, 3.8) is 0 Å². The molecule has 0 saturated heterocycles. The Morgan fingerprint density at radius 2 is 1.70 bits per heavy atom. The van der Waals surface area contributed by atoms with Gasteiger partial charge in [-0.05, 0) is 56.2 Å². The van der Waals surface area contributed by atoms with Crippen molar-refractivity contribution < 1.29 is 17.9 Å². The van der Waals surface area contributed by atoms with Gasteiger partial charge in [0.05, 0.1) is 17.7 Å². The van der Waals surface area contributed by atoms with Crippen LogP contribution in [0.2, 0.25) is 0 Å². The summed E-state index contributed by atoms with van der Waals surface area (Å²) in [6.07, 6.45) is -2.98.